The summed E-state index contributed by atoms with van der Waals surface area (Å²) < 4.78 is 37.7. The van der Waals surface area contributed by atoms with E-state index < -0.39 is 11.7 Å². The lowest BCUT2D eigenvalue weighted by atomic mass is 10.0. The number of benzene rings is 1. The molecule has 1 aromatic rings. The van der Waals surface area contributed by atoms with Crippen molar-refractivity contribution in [2.24, 2.45) is 5.92 Å². The molecule has 0 fully saturated rings. The maximum Gasteiger partial charge on any atom is 0.416 e. The number of alkyl halides is 3. The van der Waals surface area contributed by atoms with Gasteiger partial charge in [0.25, 0.3) is 0 Å². The first-order valence-corrected chi connectivity index (χ1v) is 6.83. The molecular formula is C15H22F3NO. The average Bonchev–Trinajstić information content (AvgIpc) is 2.41. The van der Waals surface area contributed by atoms with Crippen molar-refractivity contribution in [1.29, 1.82) is 0 Å². The van der Waals surface area contributed by atoms with Crippen molar-refractivity contribution in [2.45, 2.75) is 38.9 Å². The summed E-state index contributed by atoms with van der Waals surface area (Å²) in [5, 5.41) is 12.2. The second-order valence-electron chi connectivity index (χ2n) is 5.33. The molecule has 1 aromatic carbocycles. The number of aryl methyl sites for hydroxylation is 1. The fourth-order valence-electron chi connectivity index (χ4n) is 1.86. The van der Waals surface area contributed by atoms with Crippen molar-refractivity contribution in [2.75, 3.05) is 13.2 Å². The third-order valence-electron chi connectivity index (χ3n) is 3.25. The molecule has 2 N–H and O–H groups in total. The second-order valence-corrected chi connectivity index (χ2v) is 5.33. The summed E-state index contributed by atoms with van der Waals surface area (Å²) >= 11 is 0. The highest BCUT2D eigenvalue weighted by Gasteiger charge is 2.30. The highest BCUT2D eigenvalue weighted by Crippen LogP contribution is 2.29. The molecule has 2 nitrogen and oxygen atoms in total. The monoisotopic (exact) mass is 289 g/mol. The van der Waals surface area contributed by atoms with Crippen LogP contribution in [0.1, 0.15) is 31.4 Å². The Labute approximate surface area is 118 Å². The topological polar surface area (TPSA) is 32.3 Å². The molecule has 0 heterocycles. The van der Waals surface area contributed by atoms with Gasteiger partial charge in [0.15, 0.2) is 0 Å². The van der Waals surface area contributed by atoms with Crippen LogP contribution < -0.4 is 5.32 Å². The van der Waals surface area contributed by atoms with Crippen LogP contribution in [0.5, 0.6) is 0 Å². The Kier molecular flexibility index (Phi) is 6.49. The fraction of sp³-hybridized carbons (Fsp3) is 0.600. The Morgan fingerprint density at radius 2 is 1.95 bits per heavy atom. The van der Waals surface area contributed by atoms with Gasteiger partial charge < -0.3 is 10.4 Å². The molecule has 0 aliphatic carbocycles. The van der Waals surface area contributed by atoms with Crippen LogP contribution in [0.2, 0.25) is 0 Å². The van der Waals surface area contributed by atoms with Gasteiger partial charge in [0.05, 0.1) is 5.56 Å². The van der Waals surface area contributed by atoms with E-state index in [2.05, 4.69) is 5.32 Å². The summed E-state index contributed by atoms with van der Waals surface area (Å²) in [7, 11) is 0. The Morgan fingerprint density at radius 1 is 1.25 bits per heavy atom. The van der Waals surface area contributed by atoms with Crippen molar-refractivity contribution >= 4 is 0 Å². The summed E-state index contributed by atoms with van der Waals surface area (Å²) in [6, 6.07) is 5.68. The van der Waals surface area contributed by atoms with Crippen LogP contribution in [0.25, 0.3) is 0 Å². The van der Waals surface area contributed by atoms with E-state index in [1.54, 1.807) is 6.07 Å². The SMILES string of the molecule is CC(CO)CNC(C)CCc1cccc(C(F)(F)F)c1. The van der Waals surface area contributed by atoms with Gasteiger partial charge in [-0.2, -0.15) is 13.2 Å². The van der Waals surface area contributed by atoms with E-state index in [1.807, 2.05) is 13.8 Å². The molecule has 0 radical (unpaired) electrons. The summed E-state index contributed by atoms with van der Waals surface area (Å²) in [6.45, 7) is 4.78. The van der Waals surface area contributed by atoms with Crippen LogP contribution in [0.15, 0.2) is 24.3 Å². The molecule has 2 atom stereocenters. The van der Waals surface area contributed by atoms with E-state index in [-0.39, 0.29) is 18.6 Å². The Morgan fingerprint density at radius 3 is 2.55 bits per heavy atom. The lowest BCUT2D eigenvalue weighted by Gasteiger charge is -2.16. The smallest absolute Gasteiger partial charge is 0.396 e. The molecule has 0 bridgehead atoms. The van der Waals surface area contributed by atoms with Crippen molar-refractivity contribution < 1.29 is 18.3 Å². The van der Waals surface area contributed by atoms with Crippen LogP contribution in [-0.4, -0.2) is 24.3 Å². The fourth-order valence-corrected chi connectivity index (χ4v) is 1.86. The zero-order valence-corrected chi connectivity index (χ0v) is 11.9. The van der Waals surface area contributed by atoms with Crippen molar-refractivity contribution in [3.8, 4) is 0 Å². The Balaban J connectivity index is 2.45. The molecular weight excluding hydrogens is 267 g/mol. The van der Waals surface area contributed by atoms with E-state index in [1.165, 1.54) is 12.1 Å². The van der Waals surface area contributed by atoms with Crippen LogP contribution >= 0.6 is 0 Å². The van der Waals surface area contributed by atoms with Gasteiger partial charge >= 0.3 is 6.18 Å². The zero-order valence-electron chi connectivity index (χ0n) is 11.9. The van der Waals surface area contributed by atoms with Crippen LogP contribution in [-0.2, 0) is 12.6 Å². The van der Waals surface area contributed by atoms with E-state index in [4.69, 9.17) is 5.11 Å². The molecule has 0 spiro atoms. The maximum absolute atomic E-state index is 12.6. The number of hydrogen-bond donors (Lipinski definition) is 2. The van der Waals surface area contributed by atoms with Gasteiger partial charge in [-0.3, -0.25) is 0 Å². The lowest BCUT2D eigenvalue weighted by molar-refractivity contribution is -0.137. The van der Waals surface area contributed by atoms with E-state index >= 15 is 0 Å². The molecule has 0 amide bonds. The van der Waals surface area contributed by atoms with Crippen LogP contribution in [0, 0.1) is 5.92 Å². The average molecular weight is 289 g/mol. The van der Waals surface area contributed by atoms with E-state index in [9.17, 15) is 13.2 Å². The van der Waals surface area contributed by atoms with Gasteiger partial charge in [0.2, 0.25) is 0 Å². The van der Waals surface area contributed by atoms with Gasteiger partial charge in [-0.05, 0) is 37.3 Å². The third-order valence-corrected chi connectivity index (χ3v) is 3.25. The highest BCUT2D eigenvalue weighted by molar-refractivity contribution is 5.25. The number of halogens is 3. The minimum atomic E-state index is -4.28. The Bertz CT molecular complexity index is 406. The first kappa shape index (κ1) is 17.0. The molecule has 5 heteroatoms. The number of aliphatic hydroxyl groups excluding tert-OH is 1. The molecule has 2 unspecified atom stereocenters. The second kappa shape index (κ2) is 7.64. The number of hydrogen-bond acceptors (Lipinski definition) is 2. The molecule has 0 aliphatic rings. The van der Waals surface area contributed by atoms with Gasteiger partial charge in [-0.15, -0.1) is 0 Å². The summed E-state index contributed by atoms with van der Waals surface area (Å²) in [4.78, 5) is 0. The van der Waals surface area contributed by atoms with Crippen molar-refractivity contribution in [3.05, 3.63) is 35.4 Å². The van der Waals surface area contributed by atoms with Gasteiger partial charge in [-0.1, -0.05) is 25.1 Å². The summed E-state index contributed by atoms with van der Waals surface area (Å²) in [5.74, 6) is 0.186. The van der Waals surface area contributed by atoms with Crippen molar-refractivity contribution in [1.82, 2.24) is 5.32 Å². The zero-order chi connectivity index (χ0) is 15.2. The normalized spacial score (nSPS) is 15.1. The van der Waals surface area contributed by atoms with Crippen molar-refractivity contribution in [3.63, 3.8) is 0 Å². The first-order valence-electron chi connectivity index (χ1n) is 6.83. The molecule has 0 aliphatic heterocycles. The largest absolute Gasteiger partial charge is 0.416 e. The third kappa shape index (κ3) is 5.92. The van der Waals surface area contributed by atoms with E-state index in [0.717, 1.165) is 12.5 Å². The minimum Gasteiger partial charge on any atom is -0.396 e. The molecule has 20 heavy (non-hydrogen) atoms. The summed E-state index contributed by atoms with van der Waals surface area (Å²) in [6.07, 6.45) is -2.92. The molecule has 114 valence electrons. The van der Waals surface area contributed by atoms with Gasteiger partial charge in [-0.25, -0.2) is 0 Å². The number of aliphatic hydroxyl groups is 1. The van der Waals surface area contributed by atoms with Crippen LogP contribution in [0.4, 0.5) is 13.2 Å². The summed E-state index contributed by atoms with van der Waals surface area (Å²) in [5.41, 5.74) is 0.105. The van der Waals surface area contributed by atoms with Gasteiger partial charge in [0.1, 0.15) is 0 Å². The standard InChI is InChI=1S/C15H22F3NO/c1-11(10-20)9-19-12(2)6-7-13-4-3-5-14(8-13)15(16,17)18/h3-5,8,11-12,19-20H,6-7,9-10H2,1-2H3. The van der Waals surface area contributed by atoms with Gasteiger partial charge in [0, 0.05) is 19.2 Å². The molecule has 0 saturated heterocycles. The Hall–Kier alpha value is -1.07. The first-order chi connectivity index (χ1) is 9.32. The molecule has 0 saturated carbocycles. The molecule has 1 rings (SSSR count). The highest BCUT2D eigenvalue weighted by atomic mass is 19.4. The quantitative estimate of drug-likeness (QED) is 0.807. The maximum atomic E-state index is 12.6. The predicted octanol–water partition coefficient (Wildman–Crippen LogP) is 3.24. The van der Waals surface area contributed by atoms with E-state index in [0.29, 0.717) is 18.5 Å². The molecule has 0 aromatic heterocycles. The number of nitrogens with one attached hydrogen (secondary N) is 1. The van der Waals surface area contributed by atoms with Crippen LogP contribution in [0.3, 0.4) is 0 Å². The predicted molar refractivity (Wildman–Crippen MR) is 73.5 cm³/mol. The number of rotatable bonds is 7. The lowest BCUT2D eigenvalue weighted by Crippen LogP contribution is -2.31. The minimum absolute atomic E-state index is 0.132.